The second kappa shape index (κ2) is 6.78. The molecule has 5 rings (SSSR count). The molecule has 5 heteroatoms. The van der Waals surface area contributed by atoms with E-state index in [2.05, 4.69) is 58.0 Å². The second-order valence-corrected chi connectivity index (χ2v) is 6.87. The van der Waals surface area contributed by atoms with Crippen LogP contribution in [-0.2, 0) is 6.54 Å². The number of hydrogen-bond acceptors (Lipinski definition) is 3. The number of benzene rings is 2. The standard InChI is InChI=1S/C23H19N5/c1-17-10-12-18(13-11-17)20-15-27(26-25-20)16-21-23(19-7-3-2-4-8-19)24-22-9-5-6-14-28(21)22/h2-15H,16H2,1H3. The van der Waals surface area contributed by atoms with Crippen LogP contribution in [0.2, 0.25) is 0 Å². The summed E-state index contributed by atoms with van der Waals surface area (Å²) in [5.41, 5.74) is 7.25. The van der Waals surface area contributed by atoms with Crippen molar-refractivity contribution in [3.63, 3.8) is 0 Å². The van der Waals surface area contributed by atoms with Crippen LogP contribution in [0.15, 0.2) is 85.2 Å². The van der Waals surface area contributed by atoms with Gasteiger partial charge in [0.05, 0.1) is 24.1 Å². The molecule has 0 saturated heterocycles. The van der Waals surface area contributed by atoms with Gasteiger partial charge in [-0.2, -0.15) is 0 Å². The molecule has 0 N–H and O–H groups in total. The van der Waals surface area contributed by atoms with Crippen molar-refractivity contribution in [1.82, 2.24) is 24.4 Å². The maximum absolute atomic E-state index is 4.86. The first-order valence-electron chi connectivity index (χ1n) is 9.26. The molecule has 2 aromatic carbocycles. The van der Waals surface area contributed by atoms with Crippen LogP contribution in [-0.4, -0.2) is 24.4 Å². The Kier molecular flexibility index (Phi) is 3.98. The number of pyridine rings is 1. The van der Waals surface area contributed by atoms with Gasteiger partial charge in [0.25, 0.3) is 0 Å². The van der Waals surface area contributed by atoms with Crippen LogP contribution < -0.4 is 0 Å². The molecule has 136 valence electrons. The van der Waals surface area contributed by atoms with E-state index in [1.807, 2.05) is 53.5 Å². The summed E-state index contributed by atoms with van der Waals surface area (Å²) in [4.78, 5) is 4.86. The Bertz CT molecular complexity index is 1230. The van der Waals surface area contributed by atoms with Crippen molar-refractivity contribution in [2.45, 2.75) is 13.5 Å². The molecule has 5 aromatic rings. The zero-order chi connectivity index (χ0) is 18.9. The van der Waals surface area contributed by atoms with E-state index in [0.29, 0.717) is 6.54 Å². The van der Waals surface area contributed by atoms with Crippen LogP contribution in [0.1, 0.15) is 11.3 Å². The van der Waals surface area contributed by atoms with Crippen molar-refractivity contribution in [2.75, 3.05) is 0 Å². The predicted octanol–water partition coefficient (Wildman–Crippen LogP) is 4.62. The van der Waals surface area contributed by atoms with Gasteiger partial charge in [-0.25, -0.2) is 9.67 Å². The predicted molar refractivity (Wildman–Crippen MR) is 110 cm³/mol. The maximum Gasteiger partial charge on any atom is 0.137 e. The molecule has 0 bridgehead atoms. The van der Waals surface area contributed by atoms with Gasteiger partial charge in [0.1, 0.15) is 11.3 Å². The van der Waals surface area contributed by atoms with Gasteiger partial charge in [0, 0.05) is 17.3 Å². The van der Waals surface area contributed by atoms with Crippen LogP contribution in [0.25, 0.3) is 28.2 Å². The smallest absolute Gasteiger partial charge is 0.137 e. The first kappa shape index (κ1) is 16.4. The Morgan fingerprint density at radius 3 is 2.43 bits per heavy atom. The number of imidazole rings is 1. The summed E-state index contributed by atoms with van der Waals surface area (Å²) in [5.74, 6) is 0. The lowest BCUT2D eigenvalue weighted by atomic mass is 10.1. The van der Waals surface area contributed by atoms with E-state index in [0.717, 1.165) is 33.9 Å². The summed E-state index contributed by atoms with van der Waals surface area (Å²) in [6.45, 7) is 2.67. The molecule has 0 amide bonds. The molecule has 3 aromatic heterocycles. The zero-order valence-corrected chi connectivity index (χ0v) is 15.5. The molecular weight excluding hydrogens is 346 g/mol. The lowest BCUT2D eigenvalue weighted by Gasteiger charge is -2.05. The SMILES string of the molecule is Cc1ccc(-c2cn(Cc3c(-c4ccccc4)nc4ccccn34)nn2)cc1. The summed E-state index contributed by atoms with van der Waals surface area (Å²) >= 11 is 0. The number of rotatable bonds is 4. The highest BCUT2D eigenvalue weighted by atomic mass is 15.4. The van der Waals surface area contributed by atoms with Crippen LogP contribution >= 0.6 is 0 Å². The average molecular weight is 365 g/mol. The van der Waals surface area contributed by atoms with Crippen molar-refractivity contribution in [1.29, 1.82) is 0 Å². The molecule has 5 nitrogen and oxygen atoms in total. The molecule has 0 aliphatic carbocycles. The molecule has 0 radical (unpaired) electrons. The highest BCUT2D eigenvalue weighted by Crippen LogP contribution is 2.25. The minimum atomic E-state index is 0.592. The van der Waals surface area contributed by atoms with Gasteiger partial charge in [-0.15, -0.1) is 5.10 Å². The van der Waals surface area contributed by atoms with Gasteiger partial charge in [-0.1, -0.05) is 71.4 Å². The fourth-order valence-electron chi connectivity index (χ4n) is 3.41. The highest BCUT2D eigenvalue weighted by molar-refractivity contribution is 5.66. The van der Waals surface area contributed by atoms with Crippen molar-refractivity contribution < 1.29 is 0 Å². The molecule has 0 unspecified atom stereocenters. The van der Waals surface area contributed by atoms with Crippen LogP contribution in [0.5, 0.6) is 0 Å². The van der Waals surface area contributed by atoms with Crippen molar-refractivity contribution in [3.8, 4) is 22.5 Å². The Morgan fingerprint density at radius 2 is 1.61 bits per heavy atom. The highest BCUT2D eigenvalue weighted by Gasteiger charge is 2.15. The van der Waals surface area contributed by atoms with E-state index < -0.39 is 0 Å². The minimum Gasteiger partial charge on any atom is -0.302 e. The number of aryl methyl sites for hydroxylation is 1. The Labute approximate surface area is 162 Å². The van der Waals surface area contributed by atoms with Gasteiger partial charge in [0.15, 0.2) is 0 Å². The molecule has 0 atom stereocenters. The minimum absolute atomic E-state index is 0.592. The lowest BCUT2D eigenvalue weighted by molar-refractivity contribution is 0.636. The third-order valence-electron chi connectivity index (χ3n) is 4.87. The molecular formula is C23H19N5. The lowest BCUT2D eigenvalue weighted by Crippen LogP contribution is -2.05. The molecule has 0 fully saturated rings. The molecule has 0 aliphatic heterocycles. The summed E-state index contributed by atoms with van der Waals surface area (Å²) < 4.78 is 3.99. The zero-order valence-electron chi connectivity index (χ0n) is 15.5. The molecule has 3 heterocycles. The summed E-state index contributed by atoms with van der Waals surface area (Å²) in [6.07, 6.45) is 4.03. The molecule has 0 aliphatic rings. The third kappa shape index (κ3) is 2.97. The molecule has 0 saturated carbocycles. The monoisotopic (exact) mass is 365 g/mol. The number of aromatic nitrogens is 5. The fraction of sp³-hybridized carbons (Fsp3) is 0.0870. The summed E-state index contributed by atoms with van der Waals surface area (Å²) in [7, 11) is 0. The normalized spacial score (nSPS) is 11.2. The van der Waals surface area contributed by atoms with Gasteiger partial charge in [-0.3, -0.25) is 0 Å². The van der Waals surface area contributed by atoms with Crippen LogP contribution in [0.3, 0.4) is 0 Å². The second-order valence-electron chi connectivity index (χ2n) is 6.87. The quantitative estimate of drug-likeness (QED) is 0.467. The largest absolute Gasteiger partial charge is 0.302 e. The Balaban J connectivity index is 1.56. The van der Waals surface area contributed by atoms with Crippen LogP contribution in [0, 0.1) is 6.92 Å². The Morgan fingerprint density at radius 1 is 0.821 bits per heavy atom. The van der Waals surface area contributed by atoms with Crippen molar-refractivity contribution in [3.05, 3.63) is 96.4 Å². The van der Waals surface area contributed by atoms with Gasteiger partial charge < -0.3 is 4.40 Å². The third-order valence-corrected chi connectivity index (χ3v) is 4.87. The average Bonchev–Trinajstić information content (AvgIpc) is 3.35. The van der Waals surface area contributed by atoms with E-state index in [-0.39, 0.29) is 0 Å². The van der Waals surface area contributed by atoms with E-state index in [9.17, 15) is 0 Å². The maximum atomic E-state index is 4.86. The van der Waals surface area contributed by atoms with E-state index in [1.54, 1.807) is 0 Å². The summed E-state index contributed by atoms with van der Waals surface area (Å²) in [6, 6.07) is 24.6. The topological polar surface area (TPSA) is 48.0 Å². The first-order chi connectivity index (χ1) is 13.8. The van der Waals surface area contributed by atoms with Gasteiger partial charge in [0.2, 0.25) is 0 Å². The van der Waals surface area contributed by atoms with E-state index in [1.165, 1.54) is 5.56 Å². The number of fused-ring (bicyclic) bond motifs is 1. The fourth-order valence-corrected chi connectivity index (χ4v) is 3.41. The Hall–Kier alpha value is -3.73. The molecule has 28 heavy (non-hydrogen) atoms. The van der Waals surface area contributed by atoms with Crippen molar-refractivity contribution >= 4 is 5.65 Å². The summed E-state index contributed by atoms with van der Waals surface area (Å²) in [5, 5.41) is 8.72. The van der Waals surface area contributed by atoms with E-state index in [4.69, 9.17) is 4.98 Å². The van der Waals surface area contributed by atoms with Crippen LogP contribution in [0.4, 0.5) is 0 Å². The van der Waals surface area contributed by atoms with E-state index >= 15 is 0 Å². The first-order valence-corrected chi connectivity index (χ1v) is 9.26. The number of nitrogens with zero attached hydrogens (tertiary/aromatic N) is 5. The number of hydrogen-bond donors (Lipinski definition) is 0. The molecule has 0 spiro atoms. The van der Waals surface area contributed by atoms with Crippen molar-refractivity contribution in [2.24, 2.45) is 0 Å². The van der Waals surface area contributed by atoms with Gasteiger partial charge in [-0.05, 0) is 19.1 Å². The van der Waals surface area contributed by atoms with Gasteiger partial charge >= 0.3 is 0 Å².